The van der Waals surface area contributed by atoms with Crippen LogP contribution >= 0.6 is 27.3 Å². The van der Waals surface area contributed by atoms with E-state index in [0.717, 1.165) is 0 Å². The zero-order valence-corrected chi connectivity index (χ0v) is 11.4. The van der Waals surface area contributed by atoms with Crippen LogP contribution < -0.4 is 5.32 Å². The number of thiophene rings is 1. The molecule has 0 aliphatic carbocycles. The molecule has 80 valence electrons. The summed E-state index contributed by atoms with van der Waals surface area (Å²) in [6, 6.07) is 4.84. The van der Waals surface area contributed by atoms with Gasteiger partial charge in [-0.3, -0.25) is 0 Å². The Labute approximate surface area is 99.0 Å². The molecule has 0 aliphatic heterocycles. The van der Waals surface area contributed by atoms with Gasteiger partial charge in [-0.25, -0.2) is 0 Å². The summed E-state index contributed by atoms with van der Waals surface area (Å²) < 4.78 is 1.22. The van der Waals surface area contributed by atoms with E-state index in [0.29, 0.717) is 12.0 Å². The molecular formula is C11H18BrNS. The first-order valence-corrected chi connectivity index (χ1v) is 6.72. The van der Waals surface area contributed by atoms with Crippen molar-refractivity contribution in [3.63, 3.8) is 0 Å². The monoisotopic (exact) mass is 275 g/mol. The van der Waals surface area contributed by atoms with E-state index in [1.807, 2.05) is 18.4 Å². The minimum absolute atomic E-state index is 0.506. The van der Waals surface area contributed by atoms with E-state index in [2.05, 4.69) is 47.2 Å². The van der Waals surface area contributed by atoms with Crippen molar-refractivity contribution in [3.05, 3.63) is 20.8 Å². The van der Waals surface area contributed by atoms with Crippen LogP contribution in [0.2, 0.25) is 0 Å². The van der Waals surface area contributed by atoms with Crippen LogP contribution in [0.4, 0.5) is 0 Å². The fraction of sp³-hybridized carbons (Fsp3) is 0.636. The molecule has 1 N–H and O–H groups in total. The van der Waals surface area contributed by atoms with E-state index in [1.165, 1.54) is 21.5 Å². The molecule has 14 heavy (non-hydrogen) atoms. The zero-order valence-electron chi connectivity index (χ0n) is 9.01. The summed E-state index contributed by atoms with van der Waals surface area (Å²) in [5.41, 5.74) is 0. The molecule has 0 saturated carbocycles. The second-order valence-corrected chi connectivity index (χ2v) is 6.17. The molecule has 0 fully saturated rings. The summed E-state index contributed by atoms with van der Waals surface area (Å²) in [6.45, 7) is 4.56. The first kappa shape index (κ1) is 12.2. The predicted octanol–water partition coefficient (Wildman–Crippen LogP) is 4.21. The summed E-state index contributed by atoms with van der Waals surface area (Å²) >= 11 is 5.34. The minimum Gasteiger partial charge on any atom is -0.312 e. The topological polar surface area (TPSA) is 12.0 Å². The maximum absolute atomic E-state index is 3.51. The summed E-state index contributed by atoms with van der Waals surface area (Å²) in [7, 11) is 2.05. The molecule has 1 aromatic heterocycles. The Morgan fingerprint density at radius 2 is 2.21 bits per heavy atom. The lowest BCUT2D eigenvalue weighted by atomic mass is 9.96. The highest BCUT2D eigenvalue weighted by Crippen LogP contribution is 2.32. The molecule has 0 aliphatic rings. The molecule has 0 radical (unpaired) electrons. The summed E-state index contributed by atoms with van der Waals surface area (Å²) in [4.78, 5) is 1.43. The summed E-state index contributed by atoms with van der Waals surface area (Å²) in [5, 5.41) is 3.41. The fourth-order valence-corrected chi connectivity index (χ4v) is 3.49. The van der Waals surface area contributed by atoms with Crippen LogP contribution in [0, 0.1) is 5.92 Å². The smallest absolute Gasteiger partial charge is 0.0701 e. The maximum atomic E-state index is 3.51. The van der Waals surface area contributed by atoms with Crippen LogP contribution in [0.3, 0.4) is 0 Å². The third-order valence-electron chi connectivity index (χ3n) is 2.52. The summed E-state index contributed by atoms with van der Waals surface area (Å²) in [5.74, 6) is 0.704. The molecule has 0 aromatic carbocycles. The van der Waals surface area contributed by atoms with Gasteiger partial charge in [0.2, 0.25) is 0 Å². The van der Waals surface area contributed by atoms with Crippen molar-refractivity contribution in [3.8, 4) is 0 Å². The van der Waals surface area contributed by atoms with Crippen molar-refractivity contribution in [2.45, 2.75) is 32.7 Å². The van der Waals surface area contributed by atoms with Crippen molar-refractivity contribution >= 4 is 27.3 Å². The Bertz CT molecular complexity index is 272. The van der Waals surface area contributed by atoms with Gasteiger partial charge in [-0.15, -0.1) is 11.3 Å². The SMILES string of the molecule is CCCC(C)C(NC)c1ccc(Br)s1. The van der Waals surface area contributed by atoms with Crippen LogP contribution in [0.5, 0.6) is 0 Å². The van der Waals surface area contributed by atoms with Crippen molar-refractivity contribution in [2.24, 2.45) is 5.92 Å². The predicted molar refractivity (Wildman–Crippen MR) is 67.9 cm³/mol. The molecule has 2 atom stereocenters. The highest BCUT2D eigenvalue weighted by atomic mass is 79.9. The Kier molecular flexibility index (Phi) is 5.13. The van der Waals surface area contributed by atoms with Gasteiger partial charge in [-0.1, -0.05) is 20.3 Å². The number of rotatable bonds is 5. The lowest BCUT2D eigenvalue weighted by Gasteiger charge is -2.21. The van der Waals surface area contributed by atoms with Gasteiger partial charge in [0, 0.05) is 10.9 Å². The zero-order chi connectivity index (χ0) is 10.6. The van der Waals surface area contributed by atoms with Crippen molar-refractivity contribution in [2.75, 3.05) is 7.05 Å². The molecule has 1 rings (SSSR count). The lowest BCUT2D eigenvalue weighted by molar-refractivity contribution is 0.389. The van der Waals surface area contributed by atoms with E-state index >= 15 is 0 Å². The Hall–Kier alpha value is 0.140. The standard InChI is InChI=1S/C11H18BrNS/c1-4-5-8(2)11(13-3)9-6-7-10(12)14-9/h6-8,11,13H,4-5H2,1-3H3. The molecule has 1 heterocycles. The van der Waals surface area contributed by atoms with Crippen LogP contribution in [-0.4, -0.2) is 7.05 Å². The van der Waals surface area contributed by atoms with Gasteiger partial charge in [0.25, 0.3) is 0 Å². The first-order chi connectivity index (χ1) is 6.69. The first-order valence-electron chi connectivity index (χ1n) is 5.11. The van der Waals surface area contributed by atoms with Gasteiger partial charge in [-0.2, -0.15) is 0 Å². The highest BCUT2D eigenvalue weighted by molar-refractivity contribution is 9.11. The lowest BCUT2D eigenvalue weighted by Crippen LogP contribution is -2.22. The van der Waals surface area contributed by atoms with Crippen LogP contribution in [0.1, 0.15) is 37.6 Å². The second-order valence-electron chi connectivity index (χ2n) is 3.67. The molecule has 0 spiro atoms. The Balaban J connectivity index is 2.71. The van der Waals surface area contributed by atoms with Crippen molar-refractivity contribution < 1.29 is 0 Å². The number of hydrogen-bond acceptors (Lipinski definition) is 2. The van der Waals surface area contributed by atoms with E-state index < -0.39 is 0 Å². The summed E-state index contributed by atoms with van der Waals surface area (Å²) in [6.07, 6.45) is 2.53. The van der Waals surface area contributed by atoms with E-state index in [9.17, 15) is 0 Å². The molecule has 0 bridgehead atoms. The van der Waals surface area contributed by atoms with Crippen molar-refractivity contribution in [1.82, 2.24) is 5.32 Å². The van der Waals surface area contributed by atoms with E-state index in [-0.39, 0.29) is 0 Å². The van der Waals surface area contributed by atoms with Crippen molar-refractivity contribution in [1.29, 1.82) is 0 Å². The van der Waals surface area contributed by atoms with Crippen LogP contribution in [0.25, 0.3) is 0 Å². The quantitative estimate of drug-likeness (QED) is 0.849. The van der Waals surface area contributed by atoms with Gasteiger partial charge < -0.3 is 5.32 Å². The minimum atomic E-state index is 0.506. The largest absolute Gasteiger partial charge is 0.312 e. The maximum Gasteiger partial charge on any atom is 0.0701 e. The van der Waals surface area contributed by atoms with E-state index in [4.69, 9.17) is 0 Å². The molecule has 1 aromatic rings. The molecule has 1 nitrogen and oxygen atoms in total. The van der Waals surface area contributed by atoms with Gasteiger partial charge in [0.05, 0.1) is 3.79 Å². The van der Waals surface area contributed by atoms with Crippen LogP contribution in [0.15, 0.2) is 15.9 Å². The number of nitrogens with one attached hydrogen (secondary N) is 1. The third-order valence-corrected chi connectivity index (χ3v) is 4.23. The van der Waals surface area contributed by atoms with E-state index in [1.54, 1.807) is 0 Å². The van der Waals surface area contributed by atoms with Gasteiger partial charge in [-0.05, 0) is 47.4 Å². The second kappa shape index (κ2) is 5.89. The normalized spacial score (nSPS) is 15.4. The highest BCUT2D eigenvalue weighted by Gasteiger charge is 2.18. The van der Waals surface area contributed by atoms with Gasteiger partial charge in [0.1, 0.15) is 0 Å². The Morgan fingerprint density at radius 1 is 1.50 bits per heavy atom. The molecular weight excluding hydrogens is 258 g/mol. The molecule has 0 amide bonds. The molecule has 2 unspecified atom stereocenters. The van der Waals surface area contributed by atoms with Gasteiger partial charge >= 0.3 is 0 Å². The fourth-order valence-electron chi connectivity index (χ4n) is 1.82. The molecule has 3 heteroatoms. The molecule has 0 saturated heterocycles. The third kappa shape index (κ3) is 3.07. The van der Waals surface area contributed by atoms with Crippen LogP contribution in [-0.2, 0) is 0 Å². The average molecular weight is 276 g/mol. The number of halogens is 1. The number of hydrogen-bond donors (Lipinski definition) is 1. The van der Waals surface area contributed by atoms with Gasteiger partial charge in [0.15, 0.2) is 0 Å². The Morgan fingerprint density at radius 3 is 2.64 bits per heavy atom. The average Bonchev–Trinajstić information content (AvgIpc) is 2.54.